The molecule has 1 aromatic carbocycles. The van der Waals surface area contributed by atoms with Gasteiger partial charge in [-0.2, -0.15) is 0 Å². The second-order valence-electron chi connectivity index (χ2n) is 5.76. The molecule has 1 fully saturated rings. The SMILES string of the molecule is CN=C(NCCC1CCCO1)Nc1ccc2c(c1)OCCCO2. The van der Waals surface area contributed by atoms with Crippen molar-refractivity contribution in [3.63, 3.8) is 0 Å². The van der Waals surface area contributed by atoms with Gasteiger partial charge in [0.15, 0.2) is 17.5 Å². The standard InChI is InChI=1S/C17H25N3O3/c1-18-17(19-8-7-14-4-2-9-21-14)20-13-5-6-15-16(12-13)23-11-3-10-22-15/h5-6,12,14H,2-4,7-11H2,1H3,(H2,18,19,20). The molecule has 1 atom stereocenters. The van der Waals surface area contributed by atoms with Gasteiger partial charge in [0.1, 0.15) is 0 Å². The number of aliphatic imine (C=N–C) groups is 1. The van der Waals surface area contributed by atoms with Gasteiger partial charge in [0.05, 0.1) is 19.3 Å². The van der Waals surface area contributed by atoms with Gasteiger partial charge < -0.3 is 24.8 Å². The zero-order valence-corrected chi connectivity index (χ0v) is 13.6. The fourth-order valence-electron chi connectivity index (χ4n) is 2.78. The quantitative estimate of drug-likeness (QED) is 0.659. The summed E-state index contributed by atoms with van der Waals surface area (Å²) in [6, 6.07) is 5.86. The molecule has 126 valence electrons. The minimum Gasteiger partial charge on any atom is -0.490 e. The molecule has 0 spiro atoms. The van der Waals surface area contributed by atoms with E-state index in [1.807, 2.05) is 18.2 Å². The van der Waals surface area contributed by atoms with Crippen molar-refractivity contribution >= 4 is 11.6 Å². The number of hydrogen-bond acceptors (Lipinski definition) is 4. The van der Waals surface area contributed by atoms with Crippen molar-refractivity contribution in [1.29, 1.82) is 0 Å². The number of ether oxygens (including phenoxy) is 3. The average molecular weight is 319 g/mol. The zero-order chi connectivity index (χ0) is 15.9. The van der Waals surface area contributed by atoms with Crippen LogP contribution < -0.4 is 20.1 Å². The molecule has 0 radical (unpaired) electrons. The van der Waals surface area contributed by atoms with Crippen molar-refractivity contribution in [2.24, 2.45) is 4.99 Å². The van der Waals surface area contributed by atoms with E-state index in [0.29, 0.717) is 19.3 Å². The van der Waals surface area contributed by atoms with Crippen LogP contribution in [0.4, 0.5) is 5.69 Å². The molecule has 1 aromatic rings. The zero-order valence-electron chi connectivity index (χ0n) is 13.6. The minimum atomic E-state index is 0.388. The molecule has 2 heterocycles. The minimum absolute atomic E-state index is 0.388. The molecule has 6 nitrogen and oxygen atoms in total. The Morgan fingerprint density at radius 3 is 2.83 bits per heavy atom. The van der Waals surface area contributed by atoms with Crippen molar-refractivity contribution < 1.29 is 14.2 Å². The van der Waals surface area contributed by atoms with Gasteiger partial charge in [-0.3, -0.25) is 4.99 Å². The topological polar surface area (TPSA) is 64.1 Å². The van der Waals surface area contributed by atoms with E-state index in [2.05, 4.69) is 15.6 Å². The summed E-state index contributed by atoms with van der Waals surface area (Å²) in [5, 5.41) is 6.61. The fourth-order valence-corrected chi connectivity index (χ4v) is 2.78. The average Bonchev–Trinajstić information content (AvgIpc) is 2.98. The third-order valence-electron chi connectivity index (χ3n) is 4.02. The van der Waals surface area contributed by atoms with Crippen LogP contribution in [0.5, 0.6) is 11.5 Å². The highest BCUT2D eigenvalue weighted by Crippen LogP contribution is 2.32. The van der Waals surface area contributed by atoms with Crippen LogP contribution in [0.3, 0.4) is 0 Å². The van der Waals surface area contributed by atoms with Gasteiger partial charge in [-0.1, -0.05) is 0 Å². The Bertz CT molecular complexity index is 542. The first-order valence-electron chi connectivity index (χ1n) is 8.34. The van der Waals surface area contributed by atoms with E-state index in [0.717, 1.165) is 55.6 Å². The van der Waals surface area contributed by atoms with Crippen LogP contribution in [0.25, 0.3) is 0 Å². The normalized spacial score (nSPS) is 20.9. The summed E-state index contributed by atoms with van der Waals surface area (Å²) in [5.74, 6) is 2.33. The number of nitrogens with zero attached hydrogens (tertiary/aromatic N) is 1. The fraction of sp³-hybridized carbons (Fsp3) is 0.588. The molecule has 1 unspecified atom stereocenters. The van der Waals surface area contributed by atoms with Crippen LogP contribution in [0.1, 0.15) is 25.7 Å². The Kier molecular flexibility index (Phi) is 5.58. The van der Waals surface area contributed by atoms with Gasteiger partial charge in [-0.15, -0.1) is 0 Å². The number of hydrogen-bond donors (Lipinski definition) is 2. The van der Waals surface area contributed by atoms with Gasteiger partial charge in [0, 0.05) is 38.4 Å². The van der Waals surface area contributed by atoms with Crippen LogP contribution in [0.15, 0.2) is 23.2 Å². The van der Waals surface area contributed by atoms with Crippen molar-refractivity contribution in [3.05, 3.63) is 18.2 Å². The van der Waals surface area contributed by atoms with E-state index in [9.17, 15) is 0 Å². The lowest BCUT2D eigenvalue weighted by Crippen LogP contribution is -2.32. The molecule has 1 saturated heterocycles. The maximum absolute atomic E-state index is 5.71. The molecule has 2 N–H and O–H groups in total. The van der Waals surface area contributed by atoms with E-state index in [4.69, 9.17) is 14.2 Å². The highest BCUT2D eigenvalue weighted by atomic mass is 16.5. The highest BCUT2D eigenvalue weighted by Gasteiger charge is 2.15. The smallest absolute Gasteiger partial charge is 0.195 e. The van der Waals surface area contributed by atoms with Gasteiger partial charge >= 0.3 is 0 Å². The predicted octanol–water partition coefficient (Wildman–Crippen LogP) is 2.40. The number of guanidine groups is 1. The molecule has 3 rings (SSSR count). The van der Waals surface area contributed by atoms with Crippen LogP contribution >= 0.6 is 0 Å². The lowest BCUT2D eigenvalue weighted by Gasteiger charge is -2.15. The molecule has 23 heavy (non-hydrogen) atoms. The summed E-state index contributed by atoms with van der Waals surface area (Å²) >= 11 is 0. The summed E-state index contributed by atoms with van der Waals surface area (Å²) in [6.45, 7) is 3.13. The molecule has 0 aliphatic carbocycles. The van der Waals surface area contributed by atoms with Gasteiger partial charge in [-0.25, -0.2) is 0 Å². The first-order valence-corrected chi connectivity index (χ1v) is 8.34. The Balaban J connectivity index is 1.53. The monoisotopic (exact) mass is 319 g/mol. The van der Waals surface area contributed by atoms with E-state index in [1.54, 1.807) is 7.05 Å². The predicted molar refractivity (Wildman–Crippen MR) is 90.6 cm³/mol. The number of fused-ring (bicyclic) bond motifs is 1. The summed E-state index contributed by atoms with van der Waals surface area (Å²) in [4.78, 5) is 4.26. The van der Waals surface area contributed by atoms with Crippen molar-refractivity contribution in [2.45, 2.75) is 31.8 Å². The Labute approximate surface area is 137 Å². The number of benzene rings is 1. The van der Waals surface area contributed by atoms with Crippen molar-refractivity contribution in [3.8, 4) is 11.5 Å². The summed E-state index contributed by atoms with van der Waals surface area (Å²) < 4.78 is 17.0. The summed E-state index contributed by atoms with van der Waals surface area (Å²) in [7, 11) is 1.77. The largest absolute Gasteiger partial charge is 0.490 e. The van der Waals surface area contributed by atoms with Crippen molar-refractivity contribution in [1.82, 2.24) is 5.32 Å². The van der Waals surface area contributed by atoms with Gasteiger partial charge in [0.25, 0.3) is 0 Å². The molecule has 2 aliphatic rings. The van der Waals surface area contributed by atoms with E-state index >= 15 is 0 Å². The molecular formula is C17H25N3O3. The van der Waals surface area contributed by atoms with Gasteiger partial charge in [0.2, 0.25) is 0 Å². The van der Waals surface area contributed by atoms with Gasteiger partial charge in [-0.05, 0) is 31.4 Å². The molecular weight excluding hydrogens is 294 g/mol. The number of nitrogens with one attached hydrogen (secondary N) is 2. The van der Waals surface area contributed by atoms with Crippen LogP contribution in [-0.4, -0.2) is 45.5 Å². The van der Waals surface area contributed by atoms with Crippen molar-refractivity contribution in [2.75, 3.05) is 38.7 Å². The summed E-state index contributed by atoms with van der Waals surface area (Å²) in [6.07, 6.45) is 4.63. The number of anilines is 1. The molecule has 0 amide bonds. The van der Waals surface area contributed by atoms with E-state index in [-0.39, 0.29) is 0 Å². The first-order chi connectivity index (χ1) is 11.3. The third kappa shape index (κ3) is 4.51. The van der Waals surface area contributed by atoms with Crippen LogP contribution in [0.2, 0.25) is 0 Å². The Morgan fingerprint density at radius 2 is 2.04 bits per heavy atom. The maximum Gasteiger partial charge on any atom is 0.195 e. The molecule has 2 aliphatic heterocycles. The lowest BCUT2D eigenvalue weighted by molar-refractivity contribution is 0.105. The van der Waals surface area contributed by atoms with Crippen LogP contribution in [0, 0.1) is 0 Å². The third-order valence-corrected chi connectivity index (χ3v) is 4.02. The van der Waals surface area contributed by atoms with E-state index in [1.165, 1.54) is 6.42 Å². The maximum atomic E-state index is 5.71. The Hall–Kier alpha value is -1.95. The highest BCUT2D eigenvalue weighted by molar-refractivity contribution is 5.93. The first kappa shape index (κ1) is 15.9. The molecule has 0 bridgehead atoms. The number of rotatable bonds is 4. The summed E-state index contributed by atoms with van der Waals surface area (Å²) in [5.41, 5.74) is 0.930. The second-order valence-corrected chi connectivity index (χ2v) is 5.76. The van der Waals surface area contributed by atoms with E-state index < -0.39 is 0 Å². The van der Waals surface area contributed by atoms with Crippen LogP contribution in [-0.2, 0) is 4.74 Å². The molecule has 0 aromatic heterocycles. The lowest BCUT2D eigenvalue weighted by atomic mass is 10.2. The molecule has 0 saturated carbocycles. The molecule has 6 heteroatoms. The second kappa shape index (κ2) is 8.06. The Morgan fingerprint density at radius 1 is 1.17 bits per heavy atom.